The highest BCUT2D eigenvalue weighted by molar-refractivity contribution is 9.10. The smallest absolute Gasteiger partial charge is 0.140 e. The maximum Gasteiger partial charge on any atom is 0.140 e. The number of hydrogen-bond donors (Lipinski definition) is 0. The maximum absolute atomic E-state index is 5.36. The number of nitrogens with zero attached hydrogens (tertiary/aromatic N) is 3. The standard InChI is InChI=1S/C12H12BrN3O/c13-9-1-2-10-11(7-9)14-8-15-12(10)16-3-5-17-6-4-16/h1-2,7-8H,3-6H2. The van der Waals surface area contributed by atoms with Gasteiger partial charge in [-0.1, -0.05) is 15.9 Å². The van der Waals surface area contributed by atoms with Gasteiger partial charge in [-0.3, -0.25) is 0 Å². The molecule has 1 aromatic carbocycles. The Morgan fingerprint density at radius 3 is 2.82 bits per heavy atom. The van der Waals surface area contributed by atoms with E-state index in [1.54, 1.807) is 6.33 Å². The summed E-state index contributed by atoms with van der Waals surface area (Å²) < 4.78 is 6.40. The van der Waals surface area contributed by atoms with Gasteiger partial charge in [0.2, 0.25) is 0 Å². The van der Waals surface area contributed by atoms with Gasteiger partial charge in [-0.2, -0.15) is 0 Å². The number of fused-ring (bicyclic) bond motifs is 1. The van der Waals surface area contributed by atoms with Gasteiger partial charge in [-0.15, -0.1) is 0 Å². The van der Waals surface area contributed by atoms with Crippen molar-refractivity contribution in [3.8, 4) is 0 Å². The van der Waals surface area contributed by atoms with Crippen molar-refractivity contribution in [3.63, 3.8) is 0 Å². The second kappa shape index (κ2) is 4.58. The highest BCUT2D eigenvalue weighted by Gasteiger charge is 2.15. The minimum atomic E-state index is 0.766. The van der Waals surface area contributed by atoms with E-state index < -0.39 is 0 Å². The lowest BCUT2D eigenvalue weighted by Crippen LogP contribution is -2.36. The molecule has 88 valence electrons. The Kier molecular flexibility index (Phi) is 2.94. The first-order chi connectivity index (χ1) is 8.34. The first-order valence-electron chi connectivity index (χ1n) is 5.57. The number of hydrogen-bond acceptors (Lipinski definition) is 4. The quantitative estimate of drug-likeness (QED) is 0.808. The Bertz CT molecular complexity index is 540. The number of aromatic nitrogens is 2. The topological polar surface area (TPSA) is 38.2 Å². The van der Waals surface area contributed by atoms with Crippen molar-refractivity contribution in [1.82, 2.24) is 9.97 Å². The van der Waals surface area contributed by atoms with E-state index in [4.69, 9.17) is 4.74 Å². The fourth-order valence-electron chi connectivity index (χ4n) is 2.04. The Balaban J connectivity index is 2.09. The Morgan fingerprint density at radius 1 is 1.18 bits per heavy atom. The monoisotopic (exact) mass is 293 g/mol. The van der Waals surface area contributed by atoms with Gasteiger partial charge in [0.1, 0.15) is 12.1 Å². The fourth-order valence-corrected chi connectivity index (χ4v) is 2.39. The summed E-state index contributed by atoms with van der Waals surface area (Å²) in [5.74, 6) is 1.01. The summed E-state index contributed by atoms with van der Waals surface area (Å²) >= 11 is 3.46. The van der Waals surface area contributed by atoms with Gasteiger partial charge in [-0.25, -0.2) is 9.97 Å². The second-order valence-corrected chi connectivity index (χ2v) is 4.87. The average Bonchev–Trinajstić information content (AvgIpc) is 2.39. The van der Waals surface area contributed by atoms with Crippen LogP contribution in [0, 0.1) is 0 Å². The average molecular weight is 294 g/mol. The molecule has 0 amide bonds. The molecule has 0 atom stereocenters. The molecule has 17 heavy (non-hydrogen) atoms. The largest absolute Gasteiger partial charge is 0.378 e. The Morgan fingerprint density at radius 2 is 2.00 bits per heavy atom. The third kappa shape index (κ3) is 2.12. The SMILES string of the molecule is Brc1ccc2c(N3CCOCC3)ncnc2c1. The molecule has 0 spiro atoms. The van der Waals surface area contributed by atoms with Gasteiger partial charge in [0.05, 0.1) is 18.7 Å². The van der Waals surface area contributed by atoms with Crippen molar-refractivity contribution in [2.75, 3.05) is 31.2 Å². The van der Waals surface area contributed by atoms with Crippen LogP contribution in [-0.4, -0.2) is 36.3 Å². The molecular formula is C12H12BrN3O. The van der Waals surface area contributed by atoms with Gasteiger partial charge < -0.3 is 9.64 Å². The molecule has 3 rings (SSSR count). The molecule has 0 unspecified atom stereocenters. The van der Waals surface area contributed by atoms with Crippen LogP contribution in [-0.2, 0) is 4.74 Å². The minimum Gasteiger partial charge on any atom is -0.378 e. The normalized spacial score (nSPS) is 16.4. The number of anilines is 1. The first-order valence-corrected chi connectivity index (χ1v) is 6.37. The molecule has 1 fully saturated rings. The predicted molar refractivity (Wildman–Crippen MR) is 70.3 cm³/mol. The molecule has 0 bridgehead atoms. The van der Waals surface area contributed by atoms with Crippen LogP contribution < -0.4 is 4.90 Å². The van der Waals surface area contributed by atoms with Crippen molar-refractivity contribution < 1.29 is 4.74 Å². The summed E-state index contributed by atoms with van der Waals surface area (Å²) in [6.45, 7) is 3.31. The van der Waals surface area contributed by atoms with Gasteiger partial charge >= 0.3 is 0 Å². The van der Waals surface area contributed by atoms with E-state index in [0.717, 1.165) is 47.5 Å². The Labute approximate surface area is 108 Å². The summed E-state index contributed by atoms with van der Waals surface area (Å²) in [5.41, 5.74) is 0.968. The van der Waals surface area contributed by atoms with Crippen molar-refractivity contribution in [3.05, 3.63) is 29.0 Å². The molecule has 0 aliphatic carbocycles. The summed E-state index contributed by atoms with van der Waals surface area (Å²) in [6, 6.07) is 6.10. The lowest BCUT2D eigenvalue weighted by atomic mass is 10.2. The Hall–Kier alpha value is -1.20. The highest BCUT2D eigenvalue weighted by Crippen LogP contribution is 2.25. The molecule has 1 aliphatic heterocycles. The highest BCUT2D eigenvalue weighted by atomic mass is 79.9. The van der Waals surface area contributed by atoms with Gasteiger partial charge in [-0.05, 0) is 18.2 Å². The number of ether oxygens (including phenoxy) is 1. The molecule has 1 aliphatic rings. The van der Waals surface area contributed by atoms with E-state index in [1.807, 2.05) is 12.1 Å². The van der Waals surface area contributed by atoms with Gasteiger partial charge in [0, 0.05) is 22.9 Å². The van der Waals surface area contributed by atoms with E-state index in [0.29, 0.717) is 0 Å². The fraction of sp³-hybridized carbons (Fsp3) is 0.333. The minimum absolute atomic E-state index is 0.766. The molecule has 2 heterocycles. The molecule has 1 aromatic heterocycles. The van der Waals surface area contributed by atoms with Crippen LogP contribution in [0.1, 0.15) is 0 Å². The molecule has 0 saturated carbocycles. The molecule has 0 radical (unpaired) electrons. The summed E-state index contributed by atoms with van der Waals surface area (Å²) in [5, 5.41) is 1.10. The lowest BCUT2D eigenvalue weighted by molar-refractivity contribution is 0.122. The van der Waals surface area contributed by atoms with E-state index in [9.17, 15) is 0 Å². The number of halogens is 1. The van der Waals surface area contributed by atoms with Crippen LogP contribution in [0.15, 0.2) is 29.0 Å². The van der Waals surface area contributed by atoms with E-state index in [2.05, 4.69) is 36.9 Å². The zero-order valence-electron chi connectivity index (χ0n) is 9.27. The molecule has 1 saturated heterocycles. The zero-order valence-corrected chi connectivity index (χ0v) is 10.9. The van der Waals surface area contributed by atoms with Crippen LogP contribution >= 0.6 is 15.9 Å². The van der Waals surface area contributed by atoms with Crippen LogP contribution in [0.2, 0.25) is 0 Å². The van der Waals surface area contributed by atoms with Crippen molar-refractivity contribution in [2.45, 2.75) is 0 Å². The number of morpholine rings is 1. The van der Waals surface area contributed by atoms with E-state index >= 15 is 0 Å². The maximum atomic E-state index is 5.36. The molecule has 2 aromatic rings. The van der Waals surface area contributed by atoms with E-state index in [1.165, 1.54) is 0 Å². The van der Waals surface area contributed by atoms with E-state index in [-0.39, 0.29) is 0 Å². The van der Waals surface area contributed by atoms with Crippen molar-refractivity contribution >= 4 is 32.7 Å². The number of benzene rings is 1. The first kappa shape index (κ1) is 10.9. The van der Waals surface area contributed by atoms with Crippen LogP contribution in [0.4, 0.5) is 5.82 Å². The summed E-state index contributed by atoms with van der Waals surface area (Å²) in [4.78, 5) is 11.0. The third-order valence-electron chi connectivity index (χ3n) is 2.89. The van der Waals surface area contributed by atoms with Crippen molar-refractivity contribution in [1.29, 1.82) is 0 Å². The van der Waals surface area contributed by atoms with Gasteiger partial charge in [0.15, 0.2) is 0 Å². The summed E-state index contributed by atoms with van der Waals surface area (Å²) in [7, 11) is 0. The number of rotatable bonds is 1. The van der Waals surface area contributed by atoms with Gasteiger partial charge in [0.25, 0.3) is 0 Å². The van der Waals surface area contributed by atoms with Crippen LogP contribution in [0.25, 0.3) is 10.9 Å². The molecule has 4 nitrogen and oxygen atoms in total. The molecular weight excluding hydrogens is 282 g/mol. The second-order valence-electron chi connectivity index (χ2n) is 3.96. The zero-order chi connectivity index (χ0) is 11.7. The van der Waals surface area contributed by atoms with Crippen LogP contribution in [0.5, 0.6) is 0 Å². The molecule has 5 heteroatoms. The third-order valence-corrected chi connectivity index (χ3v) is 3.38. The summed E-state index contributed by atoms with van der Waals surface area (Å²) in [6.07, 6.45) is 1.62. The van der Waals surface area contributed by atoms with Crippen molar-refractivity contribution in [2.24, 2.45) is 0 Å². The lowest BCUT2D eigenvalue weighted by Gasteiger charge is -2.28. The van der Waals surface area contributed by atoms with Crippen LogP contribution in [0.3, 0.4) is 0 Å². The molecule has 0 N–H and O–H groups in total. The predicted octanol–water partition coefficient (Wildman–Crippen LogP) is 2.23.